The Morgan fingerprint density at radius 1 is 1.21 bits per heavy atom. The van der Waals surface area contributed by atoms with E-state index in [1.54, 1.807) is 19.2 Å². The molecule has 0 radical (unpaired) electrons. The van der Waals surface area contributed by atoms with Crippen LogP contribution in [-0.2, 0) is 5.88 Å². The molecular formula is C15H16NO2S+. The summed E-state index contributed by atoms with van der Waals surface area (Å²) in [5.41, 5.74) is 2.01. The van der Waals surface area contributed by atoms with E-state index in [4.69, 9.17) is 4.74 Å². The number of phenols is 1. The van der Waals surface area contributed by atoms with E-state index in [0.29, 0.717) is 11.6 Å². The molecule has 0 bridgehead atoms. The van der Waals surface area contributed by atoms with Gasteiger partial charge in [-0.2, -0.15) is 4.57 Å². The van der Waals surface area contributed by atoms with Crippen molar-refractivity contribution in [3.05, 3.63) is 53.9 Å². The Labute approximate surface area is 118 Å². The lowest BCUT2D eigenvalue weighted by Crippen LogP contribution is -2.29. The molecule has 0 atom stereocenters. The number of hydrogen-bond donors (Lipinski definition) is 2. The van der Waals surface area contributed by atoms with Crippen LogP contribution < -0.4 is 9.30 Å². The van der Waals surface area contributed by atoms with Crippen LogP contribution in [0.15, 0.2) is 42.7 Å². The Morgan fingerprint density at radius 3 is 2.58 bits per heavy atom. The van der Waals surface area contributed by atoms with Crippen LogP contribution >= 0.6 is 12.6 Å². The summed E-state index contributed by atoms with van der Waals surface area (Å²) in [5, 5.41) is 9.40. The molecule has 98 valence electrons. The number of aromatic nitrogens is 1. The van der Waals surface area contributed by atoms with E-state index in [-0.39, 0.29) is 5.75 Å². The third-order valence-electron chi connectivity index (χ3n) is 2.75. The normalized spacial score (nSPS) is 10.8. The SMILES string of the molecule is COc1cc(O)ccc1/C=C/c1cc[n+](CS)cc1. The standard InChI is InChI=1S/C15H15NO2S/c1-18-15-10-14(17)5-4-13(15)3-2-12-6-8-16(11-19)9-7-12/h2-10,19H,11H2,1H3/p+1. The van der Waals surface area contributed by atoms with Gasteiger partial charge in [0.1, 0.15) is 11.5 Å². The van der Waals surface area contributed by atoms with Crippen LogP contribution in [0.4, 0.5) is 0 Å². The fourth-order valence-corrected chi connectivity index (χ4v) is 1.89. The van der Waals surface area contributed by atoms with Crippen LogP contribution in [0.25, 0.3) is 12.2 Å². The van der Waals surface area contributed by atoms with Gasteiger partial charge in [0.25, 0.3) is 0 Å². The maximum absolute atomic E-state index is 9.40. The molecule has 0 aliphatic rings. The minimum Gasteiger partial charge on any atom is -0.508 e. The van der Waals surface area contributed by atoms with E-state index in [0.717, 1.165) is 11.1 Å². The molecule has 0 amide bonds. The van der Waals surface area contributed by atoms with Crippen molar-refractivity contribution in [1.82, 2.24) is 0 Å². The molecule has 3 nitrogen and oxygen atoms in total. The molecule has 2 aromatic rings. The highest BCUT2D eigenvalue weighted by molar-refractivity contribution is 7.78. The lowest BCUT2D eigenvalue weighted by atomic mass is 10.1. The number of thiol groups is 1. The van der Waals surface area contributed by atoms with Gasteiger partial charge in [0.05, 0.1) is 7.11 Å². The zero-order valence-corrected chi connectivity index (χ0v) is 11.5. The fraction of sp³-hybridized carbons (Fsp3) is 0.133. The molecule has 1 aromatic carbocycles. The van der Waals surface area contributed by atoms with Crippen LogP contribution in [0, 0.1) is 0 Å². The van der Waals surface area contributed by atoms with Gasteiger partial charge < -0.3 is 9.84 Å². The lowest BCUT2D eigenvalue weighted by Gasteiger charge is -2.04. The van der Waals surface area contributed by atoms with Crippen LogP contribution in [-0.4, -0.2) is 12.2 Å². The maximum atomic E-state index is 9.40. The van der Waals surface area contributed by atoms with Crippen LogP contribution in [0.5, 0.6) is 11.5 Å². The summed E-state index contributed by atoms with van der Waals surface area (Å²) in [6.07, 6.45) is 7.90. The second-order valence-corrected chi connectivity index (χ2v) is 4.33. The molecule has 19 heavy (non-hydrogen) atoms. The number of methoxy groups -OCH3 is 1. The molecule has 0 fully saturated rings. The molecule has 0 aliphatic heterocycles. The van der Waals surface area contributed by atoms with Gasteiger partial charge in [-0.1, -0.05) is 12.2 Å². The monoisotopic (exact) mass is 274 g/mol. The third kappa shape index (κ3) is 3.51. The Balaban J connectivity index is 2.21. The number of aromatic hydroxyl groups is 1. The Hall–Kier alpha value is -1.94. The van der Waals surface area contributed by atoms with E-state index in [1.165, 1.54) is 0 Å². The van der Waals surface area contributed by atoms with Crippen molar-refractivity contribution in [3.8, 4) is 11.5 Å². The van der Waals surface area contributed by atoms with Crippen molar-refractivity contribution in [2.45, 2.75) is 5.88 Å². The first-order chi connectivity index (χ1) is 9.22. The average Bonchev–Trinajstić information content (AvgIpc) is 2.46. The van der Waals surface area contributed by atoms with Gasteiger partial charge >= 0.3 is 0 Å². The van der Waals surface area contributed by atoms with Crippen molar-refractivity contribution in [2.24, 2.45) is 0 Å². The fourth-order valence-electron chi connectivity index (χ4n) is 1.70. The summed E-state index contributed by atoms with van der Waals surface area (Å²) in [5.74, 6) is 1.51. The summed E-state index contributed by atoms with van der Waals surface area (Å²) >= 11 is 4.19. The Kier molecular flexibility index (Phi) is 4.47. The summed E-state index contributed by atoms with van der Waals surface area (Å²) in [6.45, 7) is 0. The van der Waals surface area contributed by atoms with Crippen molar-refractivity contribution in [2.75, 3.05) is 7.11 Å². The molecule has 1 heterocycles. The number of ether oxygens (including phenoxy) is 1. The molecule has 0 unspecified atom stereocenters. The first kappa shape index (κ1) is 13.5. The van der Waals surface area contributed by atoms with E-state index < -0.39 is 0 Å². The third-order valence-corrected chi connectivity index (χ3v) is 3.08. The minimum atomic E-state index is 0.198. The van der Waals surface area contributed by atoms with Crippen molar-refractivity contribution >= 4 is 24.8 Å². The van der Waals surface area contributed by atoms with Crippen molar-refractivity contribution < 1.29 is 14.4 Å². The van der Waals surface area contributed by atoms with E-state index in [2.05, 4.69) is 12.6 Å². The number of phenolic OH excluding ortho intramolecular Hbond substituents is 1. The molecular weight excluding hydrogens is 258 g/mol. The summed E-state index contributed by atoms with van der Waals surface area (Å²) < 4.78 is 7.20. The molecule has 1 aromatic heterocycles. The van der Waals surface area contributed by atoms with Gasteiger partial charge in [0.15, 0.2) is 18.3 Å². The Bertz CT molecular complexity index is 579. The molecule has 1 N–H and O–H groups in total. The van der Waals surface area contributed by atoms with Crippen LogP contribution in [0.3, 0.4) is 0 Å². The predicted octanol–water partition coefficient (Wildman–Crippen LogP) is 2.75. The number of benzene rings is 1. The zero-order valence-electron chi connectivity index (χ0n) is 10.7. The van der Waals surface area contributed by atoms with Gasteiger partial charge in [-0.3, -0.25) is 0 Å². The topological polar surface area (TPSA) is 33.3 Å². The van der Waals surface area contributed by atoms with Crippen molar-refractivity contribution in [1.29, 1.82) is 0 Å². The largest absolute Gasteiger partial charge is 0.508 e. The molecule has 0 saturated heterocycles. The predicted molar refractivity (Wildman–Crippen MR) is 79.2 cm³/mol. The molecule has 2 rings (SSSR count). The lowest BCUT2D eigenvalue weighted by molar-refractivity contribution is -0.675. The van der Waals surface area contributed by atoms with Crippen LogP contribution in [0.1, 0.15) is 11.1 Å². The first-order valence-electron chi connectivity index (χ1n) is 5.88. The average molecular weight is 274 g/mol. The Morgan fingerprint density at radius 2 is 1.95 bits per heavy atom. The van der Waals surface area contributed by atoms with E-state index >= 15 is 0 Å². The van der Waals surface area contributed by atoms with Crippen molar-refractivity contribution in [3.63, 3.8) is 0 Å². The van der Waals surface area contributed by atoms with E-state index in [9.17, 15) is 5.11 Å². The highest BCUT2D eigenvalue weighted by atomic mass is 32.1. The summed E-state index contributed by atoms with van der Waals surface area (Å²) in [6, 6.07) is 9.09. The van der Waals surface area contributed by atoms with Gasteiger partial charge in [-0.15, -0.1) is 12.6 Å². The zero-order chi connectivity index (χ0) is 13.7. The van der Waals surface area contributed by atoms with Gasteiger partial charge in [0, 0.05) is 23.8 Å². The van der Waals surface area contributed by atoms with Crippen LogP contribution in [0.2, 0.25) is 0 Å². The van der Waals surface area contributed by atoms with Gasteiger partial charge in [0.2, 0.25) is 0 Å². The second-order valence-electron chi connectivity index (χ2n) is 4.05. The summed E-state index contributed by atoms with van der Waals surface area (Å²) in [4.78, 5) is 0. The number of pyridine rings is 1. The molecule has 0 spiro atoms. The van der Waals surface area contributed by atoms with Gasteiger partial charge in [-0.25, -0.2) is 0 Å². The second kappa shape index (κ2) is 6.29. The van der Waals surface area contributed by atoms with E-state index in [1.807, 2.05) is 47.3 Å². The molecule has 0 saturated carbocycles. The first-order valence-corrected chi connectivity index (χ1v) is 6.51. The number of rotatable bonds is 4. The van der Waals surface area contributed by atoms with Gasteiger partial charge in [-0.05, 0) is 17.7 Å². The number of nitrogens with zero attached hydrogens (tertiary/aromatic N) is 1. The maximum Gasteiger partial charge on any atom is 0.191 e. The molecule has 0 aliphatic carbocycles. The quantitative estimate of drug-likeness (QED) is 0.664. The highest BCUT2D eigenvalue weighted by Crippen LogP contribution is 2.25. The smallest absolute Gasteiger partial charge is 0.191 e. The molecule has 4 heteroatoms. The number of hydrogen-bond acceptors (Lipinski definition) is 3. The highest BCUT2D eigenvalue weighted by Gasteiger charge is 2.01. The minimum absolute atomic E-state index is 0.198. The summed E-state index contributed by atoms with van der Waals surface area (Å²) in [7, 11) is 1.59.